The summed E-state index contributed by atoms with van der Waals surface area (Å²) in [6.45, 7) is 1.59. The van der Waals surface area contributed by atoms with Crippen LogP contribution in [0.2, 0.25) is 5.02 Å². The number of hydrogen-bond acceptors (Lipinski definition) is 8. The third kappa shape index (κ3) is 6.95. The highest BCUT2D eigenvalue weighted by Gasteiger charge is 2.16. The van der Waals surface area contributed by atoms with Crippen molar-refractivity contribution in [3.8, 4) is 5.75 Å². The van der Waals surface area contributed by atoms with E-state index in [4.69, 9.17) is 16.3 Å². The molecule has 0 aliphatic rings. The minimum Gasteiger partial charge on any atom is -0.495 e. The second kappa shape index (κ2) is 12.0. The van der Waals surface area contributed by atoms with E-state index in [9.17, 15) is 13.2 Å². The van der Waals surface area contributed by atoms with Gasteiger partial charge in [0.05, 0.1) is 23.4 Å². The molecule has 0 saturated heterocycles. The minimum atomic E-state index is -3.40. The van der Waals surface area contributed by atoms with Crippen molar-refractivity contribution in [2.75, 3.05) is 40.8 Å². The molecule has 0 spiro atoms. The number of anilines is 6. The van der Waals surface area contributed by atoms with Gasteiger partial charge in [0.2, 0.25) is 5.95 Å². The van der Waals surface area contributed by atoms with Gasteiger partial charge in [0, 0.05) is 35.3 Å². The van der Waals surface area contributed by atoms with E-state index in [1.807, 2.05) is 24.1 Å². The molecule has 0 fully saturated rings. The lowest BCUT2D eigenvalue weighted by molar-refractivity contribution is 0.262. The molecule has 12 heteroatoms. The van der Waals surface area contributed by atoms with Crippen LogP contribution < -0.4 is 25.6 Å². The zero-order valence-electron chi connectivity index (χ0n) is 21.5. The fourth-order valence-corrected chi connectivity index (χ4v) is 4.72. The van der Waals surface area contributed by atoms with Crippen LogP contribution in [0.4, 0.5) is 39.3 Å². The van der Waals surface area contributed by atoms with E-state index in [1.165, 1.54) is 19.2 Å². The number of aromatic nitrogens is 2. The predicted octanol–water partition coefficient (Wildman–Crippen LogP) is 6.09. The van der Waals surface area contributed by atoms with Gasteiger partial charge < -0.3 is 25.6 Å². The van der Waals surface area contributed by atoms with Crippen LogP contribution >= 0.6 is 11.6 Å². The van der Waals surface area contributed by atoms with Gasteiger partial charge in [0.1, 0.15) is 11.6 Å². The van der Waals surface area contributed by atoms with Crippen LogP contribution in [-0.2, 0) is 9.84 Å². The molecule has 202 valence electrons. The van der Waals surface area contributed by atoms with Crippen molar-refractivity contribution in [1.29, 1.82) is 0 Å². The average Bonchev–Trinajstić information content (AvgIpc) is 2.93. The lowest BCUT2D eigenvalue weighted by Crippen LogP contribution is -2.19. The molecule has 0 radical (unpaired) electrons. The first kappa shape index (κ1) is 27.7. The van der Waals surface area contributed by atoms with Crippen LogP contribution in [0.5, 0.6) is 5.75 Å². The van der Waals surface area contributed by atoms with Gasteiger partial charge >= 0.3 is 6.03 Å². The average molecular weight is 567 g/mol. The number of ether oxygens (including phenoxy) is 1. The molecule has 0 bridgehead atoms. The Morgan fingerprint density at radius 3 is 2.44 bits per heavy atom. The minimum absolute atomic E-state index is 0.0174. The van der Waals surface area contributed by atoms with E-state index in [0.29, 0.717) is 33.7 Å². The maximum absolute atomic E-state index is 12.3. The molecule has 2 amide bonds. The largest absolute Gasteiger partial charge is 0.495 e. The number of carbonyl (C=O) groups is 1. The second-order valence-corrected chi connectivity index (χ2v) is 11.0. The van der Waals surface area contributed by atoms with Gasteiger partial charge in [-0.1, -0.05) is 24.6 Å². The van der Waals surface area contributed by atoms with Crippen molar-refractivity contribution in [3.63, 3.8) is 0 Å². The number of nitrogens with one attached hydrogen (secondary N) is 3. The van der Waals surface area contributed by atoms with Gasteiger partial charge in [0.25, 0.3) is 0 Å². The van der Waals surface area contributed by atoms with Crippen molar-refractivity contribution in [2.24, 2.45) is 0 Å². The molecule has 0 unspecified atom stereocenters. The van der Waals surface area contributed by atoms with Crippen LogP contribution in [0.3, 0.4) is 0 Å². The first-order valence-electron chi connectivity index (χ1n) is 11.9. The summed E-state index contributed by atoms with van der Waals surface area (Å²) in [4.78, 5) is 23.2. The van der Waals surface area contributed by atoms with E-state index in [-0.39, 0.29) is 16.6 Å². The second-order valence-electron chi connectivity index (χ2n) is 8.32. The molecule has 0 atom stereocenters. The third-order valence-corrected chi connectivity index (χ3v) is 7.70. The topological polar surface area (TPSA) is 126 Å². The summed E-state index contributed by atoms with van der Waals surface area (Å²) in [6.07, 6.45) is 1.59. The smallest absolute Gasteiger partial charge is 0.323 e. The summed E-state index contributed by atoms with van der Waals surface area (Å²) in [5.74, 6) is 1.29. The van der Waals surface area contributed by atoms with E-state index in [0.717, 1.165) is 5.69 Å². The molecule has 0 saturated carbocycles. The van der Waals surface area contributed by atoms with Gasteiger partial charge in [-0.15, -0.1) is 0 Å². The quantitative estimate of drug-likeness (QED) is 0.222. The Bertz CT molecular complexity index is 1580. The van der Waals surface area contributed by atoms with Crippen LogP contribution in [0.1, 0.15) is 6.92 Å². The number of benzene rings is 3. The molecule has 0 aliphatic carbocycles. The Labute approximate surface area is 231 Å². The maximum Gasteiger partial charge on any atom is 0.323 e. The highest BCUT2D eigenvalue weighted by molar-refractivity contribution is 7.91. The van der Waals surface area contributed by atoms with Gasteiger partial charge in [-0.3, -0.25) is 0 Å². The lowest BCUT2D eigenvalue weighted by atomic mass is 10.2. The lowest BCUT2D eigenvalue weighted by Gasteiger charge is -2.19. The SMILES string of the molecule is CCS(=O)(=O)c1ccc(OC)c(Nc2nccc(N(C)c3ccc(NC(=O)Nc4cccc(Cl)c4)cc3)n2)c1. The Hall–Kier alpha value is -4.35. The molecule has 1 heterocycles. The molecular formula is C27H27ClN6O4S. The number of sulfone groups is 1. The van der Waals surface area contributed by atoms with Crippen molar-refractivity contribution in [3.05, 3.63) is 84.0 Å². The van der Waals surface area contributed by atoms with Gasteiger partial charge in [0.15, 0.2) is 9.84 Å². The molecule has 4 rings (SSSR count). The molecule has 1 aromatic heterocycles. The van der Waals surface area contributed by atoms with Crippen molar-refractivity contribution in [1.82, 2.24) is 9.97 Å². The maximum atomic E-state index is 12.3. The Morgan fingerprint density at radius 2 is 1.74 bits per heavy atom. The number of halogens is 1. The molecule has 3 aromatic carbocycles. The zero-order chi connectivity index (χ0) is 28.0. The molecule has 4 aromatic rings. The number of carbonyl (C=O) groups excluding carboxylic acids is 1. The third-order valence-electron chi connectivity index (χ3n) is 5.74. The Balaban J connectivity index is 1.46. The predicted molar refractivity (Wildman–Crippen MR) is 155 cm³/mol. The number of rotatable bonds is 9. The fraction of sp³-hybridized carbons (Fsp3) is 0.148. The van der Waals surface area contributed by atoms with Crippen molar-refractivity contribution < 1.29 is 17.9 Å². The summed E-state index contributed by atoms with van der Waals surface area (Å²) in [7, 11) is -0.0629. The highest BCUT2D eigenvalue weighted by atomic mass is 35.5. The van der Waals surface area contributed by atoms with Gasteiger partial charge in [-0.05, 0) is 66.7 Å². The zero-order valence-corrected chi connectivity index (χ0v) is 23.0. The summed E-state index contributed by atoms with van der Waals surface area (Å²) in [5, 5.41) is 9.10. The van der Waals surface area contributed by atoms with Crippen molar-refractivity contribution >= 4 is 62.0 Å². The summed E-state index contributed by atoms with van der Waals surface area (Å²) in [5.41, 5.74) is 2.43. The summed E-state index contributed by atoms with van der Waals surface area (Å²) in [6, 6.07) is 20.1. The number of urea groups is 1. The van der Waals surface area contributed by atoms with Gasteiger partial charge in [-0.25, -0.2) is 18.2 Å². The van der Waals surface area contributed by atoms with E-state index in [1.54, 1.807) is 61.7 Å². The van der Waals surface area contributed by atoms with Gasteiger partial charge in [-0.2, -0.15) is 4.98 Å². The molecule has 0 aliphatic heterocycles. The highest BCUT2D eigenvalue weighted by Crippen LogP contribution is 2.31. The first-order chi connectivity index (χ1) is 18.7. The van der Waals surface area contributed by atoms with Crippen molar-refractivity contribution in [2.45, 2.75) is 11.8 Å². The standard InChI is InChI=1S/C27H27ClN6O4S/c1-4-39(36,37)22-12-13-24(38-3)23(17-22)32-26-29-15-14-25(33-26)34(2)21-10-8-19(9-11-21)30-27(35)31-20-7-5-6-18(28)16-20/h5-17H,4H2,1-3H3,(H,29,32,33)(H2,30,31,35). The van der Waals surface area contributed by atoms with E-state index < -0.39 is 15.9 Å². The normalized spacial score (nSPS) is 11.0. The van der Waals surface area contributed by atoms with E-state index in [2.05, 4.69) is 25.9 Å². The van der Waals surface area contributed by atoms with E-state index >= 15 is 0 Å². The number of amides is 2. The molecule has 10 nitrogen and oxygen atoms in total. The number of hydrogen-bond donors (Lipinski definition) is 3. The Kier molecular flexibility index (Phi) is 8.52. The number of nitrogens with zero attached hydrogens (tertiary/aromatic N) is 3. The molecule has 3 N–H and O–H groups in total. The van der Waals surface area contributed by atoms with Crippen LogP contribution in [-0.4, -0.2) is 44.3 Å². The number of methoxy groups -OCH3 is 1. The van der Waals surface area contributed by atoms with Crippen LogP contribution in [0.15, 0.2) is 83.9 Å². The summed E-state index contributed by atoms with van der Waals surface area (Å²) < 4.78 is 30.1. The monoisotopic (exact) mass is 566 g/mol. The molecule has 39 heavy (non-hydrogen) atoms. The van der Waals surface area contributed by atoms with Crippen LogP contribution in [0.25, 0.3) is 0 Å². The van der Waals surface area contributed by atoms with Crippen LogP contribution in [0, 0.1) is 0 Å². The molecular weight excluding hydrogens is 540 g/mol. The Morgan fingerprint density at radius 1 is 1.00 bits per heavy atom. The first-order valence-corrected chi connectivity index (χ1v) is 13.9. The fourth-order valence-electron chi connectivity index (χ4n) is 3.62. The summed E-state index contributed by atoms with van der Waals surface area (Å²) >= 11 is 5.96.